The lowest BCUT2D eigenvalue weighted by Gasteiger charge is -2.30. The average Bonchev–Trinajstić information content (AvgIpc) is 2.84. The SMILES string of the molecule is CCN(C(=O)c1ccc(O)cc1)c1ccccc1[C@@H]1CCc2cc(OC(=O)C(C)(C)C)ccc2C1. The van der Waals surface area contributed by atoms with E-state index >= 15 is 0 Å². The Morgan fingerprint density at radius 2 is 1.71 bits per heavy atom. The van der Waals surface area contributed by atoms with Gasteiger partial charge in [0.2, 0.25) is 0 Å². The number of nitrogens with zero attached hydrogens (tertiary/aromatic N) is 1. The summed E-state index contributed by atoms with van der Waals surface area (Å²) in [4.78, 5) is 27.4. The van der Waals surface area contributed by atoms with E-state index < -0.39 is 5.41 Å². The van der Waals surface area contributed by atoms with Crippen molar-refractivity contribution < 1.29 is 19.4 Å². The Kier molecular flexibility index (Phi) is 6.97. The molecule has 0 heterocycles. The monoisotopic (exact) mass is 471 g/mol. The van der Waals surface area contributed by atoms with E-state index in [1.54, 1.807) is 12.1 Å². The topological polar surface area (TPSA) is 66.8 Å². The fourth-order valence-electron chi connectivity index (χ4n) is 4.58. The van der Waals surface area contributed by atoms with Crippen molar-refractivity contribution in [2.45, 2.75) is 52.9 Å². The molecular weight excluding hydrogens is 438 g/mol. The average molecular weight is 472 g/mol. The molecule has 0 aliphatic heterocycles. The number of aryl methyl sites for hydroxylation is 1. The number of aromatic hydroxyl groups is 1. The van der Waals surface area contributed by atoms with Crippen LogP contribution in [0.2, 0.25) is 0 Å². The number of phenolic OH excluding ortho intramolecular Hbond substituents is 1. The highest BCUT2D eigenvalue weighted by Crippen LogP contribution is 2.39. The van der Waals surface area contributed by atoms with Crippen LogP contribution in [0.25, 0.3) is 0 Å². The summed E-state index contributed by atoms with van der Waals surface area (Å²) >= 11 is 0. The van der Waals surface area contributed by atoms with E-state index in [-0.39, 0.29) is 23.5 Å². The molecule has 0 bridgehead atoms. The third-order valence-corrected chi connectivity index (χ3v) is 6.57. The molecule has 1 amide bonds. The van der Waals surface area contributed by atoms with Crippen LogP contribution < -0.4 is 9.64 Å². The molecule has 182 valence electrons. The third-order valence-electron chi connectivity index (χ3n) is 6.57. The van der Waals surface area contributed by atoms with Gasteiger partial charge in [-0.1, -0.05) is 24.3 Å². The van der Waals surface area contributed by atoms with Crippen molar-refractivity contribution in [2.75, 3.05) is 11.4 Å². The molecule has 0 unspecified atom stereocenters. The van der Waals surface area contributed by atoms with Crippen molar-refractivity contribution in [2.24, 2.45) is 5.41 Å². The first-order valence-corrected chi connectivity index (χ1v) is 12.2. The van der Waals surface area contributed by atoms with Gasteiger partial charge in [-0.05, 0) is 112 Å². The summed E-state index contributed by atoms with van der Waals surface area (Å²) in [5.74, 6) is 0.698. The van der Waals surface area contributed by atoms with Gasteiger partial charge in [0.1, 0.15) is 11.5 Å². The molecule has 0 fully saturated rings. The van der Waals surface area contributed by atoms with E-state index in [0.717, 1.165) is 30.5 Å². The van der Waals surface area contributed by atoms with Crippen LogP contribution >= 0.6 is 0 Å². The third kappa shape index (κ3) is 5.40. The van der Waals surface area contributed by atoms with Gasteiger partial charge in [-0.2, -0.15) is 0 Å². The lowest BCUT2D eigenvalue weighted by molar-refractivity contribution is -0.143. The molecule has 3 aromatic rings. The van der Waals surface area contributed by atoms with E-state index in [0.29, 0.717) is 17.9 Å². The Morgan fingerprint density at radius 3 is 2.40 bits per heavy atom. The highest BCUT2D eigenvalue weighted by molar-refractivity contribution is 6.06. The van der Waals surface area contributed by atoms with Crippen LogP contribution in [-0.4, -0.2) is 23.5 Å². The molecule has 4 rings (SSSR count). The summed E-state index contributed by atoms with van der Waals surface area (Å²) in [7, 11) is 0. The first-order chi connectivity index (χ1) is 16.7. The van der Waals surface area contributed by atoms with Gasteiger partial charge in [-0.25, -0.2) is 0 Å². The summed E-state index contributed by atoms with van der Waals surface area (Å²) in [6, 6.07) is 20.5. The number of phenols is 1. The van der Waals surface area contributed by atoms with Crippen LogP contribution in [0.3, 0.4) is 0 Å². The van der Waals surface area contributed by atoms with Crippen molar-refractivity contribution >= 4 is 17.6 Å². The number of hydrogen-bond acceptors (Lipinski definition) is 4. The smallest absolute Gasteiger partial charge is 0.316 e. The van der Waals surface area contributed by atoms with Gasteiger partial charge in [-0.15, -0.1) is 0 Å². The van der Waals surface area contributed by atoms with E-state index in [9.17, 15) is 14.7 Å². The van der Waals surface area contributed by atoms with E-state index in [4.69, 9.17) is 4.74 Å². The van der Waals surface area contributed by atoms with Crippen LogP contribution in [0.4, 0.5) is 5.69 Å². The summed E-state index contributed by atoms with van der Waals surface area (Å²) in [5.41, 5.74) is 4.55. The van der Waals surface area contributed by atoms with Gasteiger partial charge in [0.25, 0.3) is 5.91 Å². The van der Waals surface area contributed by atoms with Gasteiger partial charge in [0.05, 0.1) is 5.41 Å². The largest absolute Gasteiger partial charge is 0.508 e. The predicted molar refractivity (Wildman–Crippen MR) is 138 cm³/mol. The van der Waals surface area contributed by atoms with Crippen molar-refractivity contribution in [3.8, 4) is 11.5 Å². The molecule has 1 N–H and O–H groups in total. The summed E-state index contributed by atoms with van der Waals surface area (Å²) in [5, 5.41) is 9.59. The van der Waals surface area contributed by atoms with Gasteiger partial charge in [-0.3, -0.25) is 9.59 Å². The highest BCUT2D eigenvalue weighted by atomic mass is 16.5. The number of anilines is 1. The molecule has 0 saturated heterocycles. The Balaban J connectivity index is 1.57. The molecule has 0 spiro atoms. The summed E-state index contributed by atoms with van der Waals surface area (Å²) < 4.78 is 5.60. The zero-order chi connectivity index (χ0) is 25.2. The number of rotatable bonds is 5. The van der Waals surface area contributed by atoms with Crippen LogP contribution in [-0.2, 0) is 17.6 Å². The lowest BCUT2D eigenvalue weighted by Crippen LogP contribution is -2.32. The summed E-state index contributed by atoms with van der Waals surface area (Å²) in [6.07, 6.45) is 2.70. The van der Waals surface area contributed by atoms with E-state index in [2.05, 4.69) is 12.1 Å². The number of para-hydroxylation sites is 1. The number of amides is 1. The maximum absolute atomic E-state index is 13.3. The van der Waals surface area contributed by atoms with Gasteiger partial charge < -0.3 is 14.7 Å². The van der Waals surface area contributed by atoms with Crippen LogP contribution in [0.1, 0.15) is 67.1 Å². The number of benzene rings is 3. The first-order valence-electron chi connectivity index (χ1n) is 12.2. The van der Waals surface area contributed by atoms with Gasteiger partial charge in [0, 0.05) is 17.8 Å². The van der Waals surface area contributed by atoms with Gasteiger partial charge >= 0.3 is 5.97 Å². The standard InChI is InChI=1S/C30H33NO4/c1-5-31(28(33)20-12-15-24(32)16-13-20)27-9-7-6-8-26(27)23-11-10-22-19-25(17-14-21(22)18-23)35-29(34)30(2,3)4/h6-9,12-17,19,23,32H,5,10-11,18H2,1-4H3/t23-/m1/s1. The number of fused-ring (bicyclic) bond motifs is 1. The minimum absolute atomic E-state index is 0.0820. The maximum Gasteiger partial charge on any atom is 0.316 e. The van der Waals surface area contributed by atoms with E-state index in [1.165, 1.54) is 23.3 Å². The number of carbonyl (C=O) groups is 2. The highest BCUT2D eigenvalue weighted by Gasteiger charge is 2.27. The fraction of sp³-hybridized carbons (Fsp3) is 0.333. The molecule has 1 aliphatic carbocycles. The molecule has 35 heavy (non-hydrogen) atoms. The van der Waals surface area contributed by atoms with E-state index in [1.807, 2.05) is 62.9 Å². The number of esters is 1. The second-order valence-electron chi connectivity index (χ2n) is 10.2. The van der Waals surface area contributed by atoms with Crippen molar-refractivity contribution in [3.63, 3.8) is 0 Å². The first kappa shape index (κ1) is 24.5. The molecule has 0 radical (unpaired) electrons. The quantitative estimate of drug-likeness (QED) is 0.351. The Morgan fingerprint density at radius 1 is 1.00 bits per heavy atom. The molecule has 1 atom stereocenters. The van der Waals surface area contributed by atoms with Crippen LogP contribution in [0.15, 0.2) is 66.7 Å². The van der Waals surface area contributed by atoms with Crippen LogP contribution in [0.5, 0.6) is 11.5 Å². The molecule has 1 aliphatic rings. The lowest BCUT2D eigenvalue weighted by atomic mass is 9.79. The van der Waals surface area contributed by atoms with Crippen molar-refractivity contribution in [3.05, 3.63) is 89.0 Å². The molecule has 5 nitrogen and oxygen atoms in total. The molecule has 3 aromatic carbocycles. The zero-order valence-electron chi connectivity index (χ0n) is 20.9. The van der Waals surface area contributed by atoms with Crippen molar-refractivity contribution in [1.29, 1.82) is 0 Å². The second kappa shape index (κ2) is 9.95. The zero-order valence-corrected chi connectivity index (χ0v) is 20.9. The van der Waals surface area contributed by atoms with Crippen molar-refractivity contribution in [1.82, 2.24) is 0 Å². The molecular formula is C30H33NO4. The number of carbonyl (C=O) groups excluding carboxylic acids is 2. The number of hydrogen-bond donors (Lipinski definition) is 1. The molecule has 0 saturated carbocycles. The number of ether oxygens (including phenoxy) is 1. The normalized spacial score (nSPS) is 15.3. The summed E-state index contributed by atoms with van der Waals surface area (Å²) in [6.45, 7) is 8.07. The Bertz CT molecular complexity index is 1220. The minimum atomic E-state index is -0.548. The van der Waals surface area contributed by atoms with Crippen LogP contribution in [0, 0.1) is 5.41 Å². The predicted octanol–water partition coefficient (Wildman–Crippen LogP) is 6.28. The van der Waals surface area contributed by atoms with Gasteiger partial charge in [0.15, 0.2) is 0 Å². The second-order valence-corrected chi connectivity index (χ2v) is 10.2. The molecule has 5 heteroatoms. The maximum atomic E-state index is 13.3. The molecule has 0 aromatic heterocycles. The Labute approximate surface area is 207 Å². The Hall–Kier alpha value is -3.60. The fourth-order valence-corrected chi connectivity index (χ4v) is 4.58. The minimum Gasteiger partial charge on any atom is -0.508 e.